The number of hydrogen-bond acceptors (Lipinski definition) is 5. The topological polar surface area (TPSA) is 82.5 Å². The second kappa shape index (κ2) is 8.08. The minimum Gasteiger partial charge on any atom is -0.508 e. The van der Waals surface area contributed by atoms with Crippen LogP contribution in [0.3, 0.4) is 0 Å². The monoisotopic (exact) mass is 477 g/mol. The number of carbonyl (C=O) groups is 2. The highest BCUT2D eigenvalue weighted by atomic mass is 32.1. The van der Waals surface area contributed by atoms with Crippen molar-refractivity contribution < 1.29 is 14.7 Å². The first-order valence-electron chi connectivity index (χ1n) is 11.9. The van der Waals surface area contributed by atoms with Gasteiger partial charge in [-0.2, -0.15) is 0 Å². The fraction of sp³-hybridized carbons (Fsp3) is 0.444. The maximum atomic E-state index is 13.1. The van der Waals surface area contributed by atoms with Crippen molar-refractivity contribution in [1.82, 2.24) is 9.88 Å². The van der Waals surface area contributed by atoms with Gasteiger partial charge in [-0.25, -0.2) is 4.98 Å². The number of benzene rings is 2. The molecule has 2 aromatic carbocycles. The van der Waals surface area contributed by atoms with Crippen molar-refractivity contribution >= 4 is 39.6 Å². The molecule has 1 saturated carbocycles. The number of piperidine rings is 1. The van der Waals surface area contributed by atoms with Gasteiger partial charge in [-0.05, 0) is 53.3 Å². The number of nitrogens with zero attached hydrogens (tertiary/aromatic N) is 2. The average Bonchev–Trinajstić information content (AvgIpc) is 3.13. The summed E-state index contributed by atoms with van der Waals surface area (Å²) in [6, 6.07) is 10.7. The predicted molar refractivity (Wildman–Crippen MR) is 135 cm³/mol. The summed E-state index contributed by atoms with van der Waals surface area (Å²) in [5.41, 5.74) is 1.22. The van der Waals surface area contributed by atoms with Gasteiger partial charge in [0.15, 0.2) is 0 Å². The van der Waals surface area contributed by atoms with Crippen molar-refractivity contribution in [3.63, 3.8) is 0 Å². The van der Waals surface area contributed by atoms with Crippen LogP contribution in [-0.2, 0) is 4.79 Å². The fourth-order valence-electron chi connectivity index (χ4n) is 5.49. The molecule has 2 aliphatic rings. The van der Waals surface area contributed by atoms with Gasteiger partial charge in [-0.3, -0.25) is 9.59 Å². The van der Waals surface area contributed by atoms with Crippen molar-refractivity contribution in [1.29, 1.82) is 0 Å². The third kappa shape index (κ3) is 3.76. The summed E-state index contributed by atoms with van der Waals surface area (Å²) in [7, 11) is 0. The summed E-state index contributed by atoms with van der Waals surface area (Å²) in [4.78, 5) is 32.6. The van der Waals surface area contributed by atoms with Crippen molar-refractivity contribution in [3.05, 3.63) is 52.5 Å². The Kier molecular flexibility index (Phi) is 5.43. The van der Waals surface area contributed by atoms with Crippen LogP contribution in [0.2, 0.25) is 0 Å². The Morgan fingerprint density at radius 3 is 2.47 bits per heavy atom. The van der Waals surface area contributed by atoms with Crippen LogP contribution < -0.4 is 5.32 Å². The quantitative estimate of drug-likeness (QED) is 0.509. The van der Waals surface area contributed by atoms with Crippen LogP contribution in [0.25, 0.3) is 10.8 Å². The van der Waals surface area contributed by atoms with E-state index in [1.807, 2.05) is 28.5 Å². The average molecular weight is 478 g/mol. The van der Waals surface area contributed by atoms with E-state index in [0.29, 0.717) is 11.4 Å². The largest absolute Gasteiger partial charge is 0.508 e. The standard InChI is InChI=1S/C27H31N3O3S/c1-26(2)22(27(26,3)4)25(33)30-12-10-16(11-13-30)24-29-21(15-34-24)23(32)28-20-7-5-6-17-14-18(31)8-9-19(17)20/h5-9,14-16,22,31H,10-13H2,1-4H3,(H,28,32). The highest BCUT2D eigenvalue weighted by molar-refractivity contribution is 7.10. The van der Waals surface area contributed by atoms with E-state index < -0.39 is 0 Å². The summed E-state index contributed by atoms with van der Waals surface area (Å²) in [6.07, 6.45) is 1.75. The number of hydrogen-bond donors (Lipinski definition) is 2. The van der Waals surface area contributed by atoms with Gasteiger partial charge in [0, 0.05) is 41.4 Å². The maximum Gasteiger partial charge on any atom is 0.275 e. The minimum absolute atomic E-state index is 0.0585. The van der Waals surface area contributed by atoms with Crippen molar-refractivity contribution in [2.45, 2.75) is 46.5 Å². The Morgan fingerprint density at radius 1 is 1.09 bits per heavy atom. The number of rotatable bonds is 4. The number of anilines is 1. The summed E-state index contributed by atoms with van der Waals surface area (Å²) < 4.78 is 0. The number of phenolic OH excluding ortho intramolecular Hbond substituents is 1. The molecule has 178 valence electrons. The highest BCUT2D eigenvalue weighted by Gasteiger charge is 2.68. The van der Waals surface area contributed by atoms with Crippen LogP contribution in [0.1, 0.15) is 62.0 Å². The Bertz CT molecular complexity index is 1260. The van der Waals surface area contributed by atoms with Crippen molar-refractivity contribution in [3.8, 4) is 5.75 Å². The van der Waals surface area contributed by atoms with E-state index in [1.54, 1.807) is 18.2 Å². The maximum absolute atomic E-state index is 13.1. The van der Waals surface area contributed by atoms with Gasteiger partial charge >= 0.3 is 0 Å². The highest BCUT2D eigenvalue weighted by Crippen LogP contribution is 2.68. The van der Waals surface area contributed by atoms with E-state index in [2.05, 4.69) is 38.0 Å². The normalized spacial score (nSPS) is 19.8. The summed E-state index contributed by atoms with van der Waals surface area (Å²) in [5.74, 6) is 0.614. The van der Waals surface area contributed by atoms with Crippen molar-refractivity contribution in [2.24, 2.45) is 16.7 Å². The molecule has 2 amide bonds. The van der Waals surface area contributed by atoms with Crippen LogP contribution in [0, 0.1) is 16.7 Å². The summed E-state index contributed by atoms with van der Waals surface area (Å²) in [5, 5.41) is 17.2. The number of nitrogens with one attached hydrogen (secondary N) is 1. The van der Waals surface area contributed by atoms with Gasteiger partial charge in [0.05, 0.1) is 5.01 Å². The number of aromatic nitrogens is 1. The molecule has 1 saturated heterocycles. The SMILES string of the molecule is CC1(C)C(C(=O)N2CCC(c3nc(C(=O)Nc4cccc5cc(O)ccc45)cs3)CC2)C1(C)C. The molecule has 0 spiro atoms. The lowest BCUT2D eigenvalue weighted by molar-refractivity contribution is -0.134. The Balaban J connectivity index is 1.22. The molecule has 34 heavy (non-hydrogen) atoms. The number of carbonyl (C=O) groups excluding carboxylic acids is 2. The van der Waals surface area contributed by atoms with Crippen LogP contribution in [0.15, 0.2) is 41.8 Å². The first-order valence-corrected chi connectivity index (χ1v) is 12.7. The third-order valence-corrected chi connectivity index (χ3v) is 9.30. The summed E-state index contributed by atoms with van der Waals surface area (Å²) >= 11 is 1.52. The molecule has 5 rings (SSSR count). The lowest BCUT2D eigenvalue weighted by atomic mass is 9.96. The van der Waals surface area contributed by atoms with Crippen LogP contribution >= 0.6 is 11.3 Å². The molecule has 1 aromatic heterocycles. The Hall–Kier alpha value is -2.93. The molecule has 2 N–H and O–H groups in total. The molecule has 2 fully saturated rings. The first kappa shape index (κ1) is 22.8. The van der Waals surface area contributed by atoms with Gasteiger partial charge in [-0.15, -0.1) is 11.3 Å². The van der Waals surface area contributed by atoms with Crippen LogP contribution in [0.4, 0.5) is 5.69 Å². The lowest BCUT2D eigenvalue weighted by Crippen LogP contribution is -2.39. The molecule has 0 bridgehead atoms. The molecule has 1 aliphatic carbocycles. The first-order chi connectivity index (χ1) is 16.1. The van der Waals surface area contributed by atoms with Gasteiger partial charge in [0.1, 0.15) is 11.4 Å². The zero-order valence-corrected chi connectivity index (χ0v) is 20.9. The summed E-state index contributed by atoms with van der Waals surface area (Å²) in [6.45, 7) is 10.2. The number of aromatic hydroxyl groups is 1. The Labute approximate surface area is 204 Å². The lowest BCUT2D eigenvalue weighted by Gasteiger charge is -2.31. The molecule has 0 radical (unpaired) electrons. The molecule has 6 nitrogen and oxygen atoms in total. The number of phenols is 1. The minimum atomic E-state index is -0.242. The fourth-order valence-corrected chi connectivity index (χ4v) is 6.46. The molecule has 0 atom stereocenters. The van der Waals surface area contributed by atoms with Crippen LogP contribution in [0.5, 0.6) is 5.75 Å². The van der Waals surface area contributed by atoms with E-state index in [1.165, 1.54) is 11.3 Å². The van der Waals surface area contributed by atoms with Crippen LogP contribution in [-0.4, -0.2) is 39.9 Å². The number of thiazole rings is 1. The van der Waals surface area contributed by atoms with Gasteiger partial charge in [0.2, 0.25) is 5.91 Å². The number of likely N-dealkylation sites (tertiary alicyclic amines) is 1. The molecular formula is C27H31N3O3S. The second-order valence-corrected chi connectivity index (χ2v) is 11.6. The van der Waals surface area contributed by atoms with E-state index in [9.17, 15) is 14.7 Å². The van der Waals surface area contributed by atoms with Gasteiger partial charge in [0.25, 0.3) is 5.91 Å². The van der Waals surface area contributed by atoms with Gasteiger partial charge < -0.3 is 15.3 Å². The number of amides is 2. The zero-order valence-electron chi connectivity index (χ0n) is 20.1. The Morgan fingerprint density at radius 2 is 1.79 bits per heavy atom. The molecular weight excluding hydrogens is 446 g/mol. The molecule has 1 aliphatic heterocycles. The molecule has 3 aromatic rings. The van der Waals surface area contributed by atoms with E-state index >= 15 is 0 Å². The predicted octanol–water partition coefficient (Wildman–Crippen LogP) is 5.64. The zero-order chi connectivity index (χ0) is 24.3. The molecule has 0 unspecified atom stereocenters. The smallest absolute Gasteiger partial charge is 0.275 e. The molecule has 2 heterocycles. The molecule has 7 heteroatoms. The van der Waals surface area contributed by atoms with E-state index in [-0.39, 0.29) is 40.2 Å². The van der Waals surface area contributed by atoms with E-state index in [0.717, 1.165) is 41.7 Å². The third-order valence-electron chi connectivity index (χ3n) is 8.29. The van der Waals surface area contributed by atoms with E-state index in [4.69, 9.17) is 0 Å². The van der Waals surface area contributed by atoms with Crippen molar-refractivity contribution in [2.75, 3.05) is 18.4 Å². The van der Waals surface area contributed by atoms with Gasteiger partial charge in [-0.1, -0.05) is 39.8 Å². The second-order valence-electron chi connectivity index (χ2n) is 10.7. The number of fused-ring (bicyclic) bond motifs is 1.